The number of rotatable bonds is 5. The van der Waals surface area contributed by atoms with Crippen molar-refractivity contribution in [2.45, 2.75) is 0 Å². The van der Waals surface area contributed by atoms with E-state index in [0.717, 1.165) is 0 Å². The summed E-state index contributed by atoms with van der Waals surface area (Å²) in [5.74, 6) is -1.05. The number of nitro benzene ring substituents is 1. The van der Waals surface area contributed by atoms with E-state index in [0.29, 0.717) is 0 Å². The molecule has 8 nitrogen and oxygen atoms in total. The highest BCUT2D eigenvalue weighted by atomic mass is 19.1. The van der Waals surface area contributed by atoms with E-state index in [1.54, 1.807) is 6.07 Å². The zero-order valence-electron chi connectivity index (χ0n) is 13.1. The minimum atomic E-state index is -0.552. The van der Waals surface area contributed by atoms with Gasteiger partial charge in [0.15, 0.2) is 11.6 Å². The second kappa shape index (κ2) is 7.34. The Labute approximate surface area is 146 Å². The van der Waals surface area contributed by atoms with Crippen LogP contribution in [0.25, 0.3) is 0 Å². The van der Waals surface area contributed by atoms with Crippen molar-refractivity contribution in [1.29, 1.82) is 0 Å². The van der Waals surface area contributed by atoms with Crippen LogP contribution in [0.2, 0.25) is 0 Å². The number of hydrogen-bond acceptors (Lipinski definition) is 6. The topological polar surface area (TPSA) is 107 Å². The third-order valence-electron chi connectivity index (χ3n) is 3.26. The van der Waals surface area contributed by atoms with Gasteiger partial charge in [-0.3, -0.25) is 14.9 Å². The molecule has 2 aromatic carbocycles. The van der Waals surface area contributed by atoms with Crippen LogP contribution >= 0.6 is 0 Å². The molecular weight excluding hydrogens is 343 g/mol. The summed E-state index contributed by atoms with van der Waals surface area (Å²) in [6.45, 7) is 0. The standard InChI is InChI=1S/C17H11FN4O4/c18-14-3-1-2-4-15(14)26-17-19-9-12(10-20-17)21-16(23)11-5-7-13(8-6-11)22(24)25/h1-10H,(H,21,23). The van der Waals surface area contributed by atoms with Crippen LogP contribution in [-0.2, 0) is 0 Å². The first kappa shape index (κ1) is 17.0. The number of carbonyl (C=O) groups excluding carboxylic acids is 1. The van der Waals surface area contributed by atoms with Gasteiger partial charge in [0.1, 0.15) is 0 Å². The van der Waals surface area contributed by atoms with Gasteiger partial charge in [0.25, 0.3) is 11.6 Å². The van der Waals surface area contributed by atoms with Gasteiger partial charge in [0.05, 0.1) is 23.0 Å². The van der Waals surface area contributed by atoms with Crippen molar-refractivity contribution >= 4 is 17.3 Å². The van der Waals surface area contributed by atoms with E-state index in [1.807, 2.05) is 0 Å². The van der Waals surface area contributed by atoms with Gasteiger partial charge in [-0.15, -0.1) is 0 Å². The zero-order chi connectivity index (χ0) is 18.5. The molecule has 0 saturated heterocycles. The first-order valence-corrected chi connectivity index (χ1v) is 7.33. The second-order valence-corrected chi connectivity index (χ2v) is 5.04. The molecule has 0 aliphatic rings. The van der Waals surface area contributed by atoms with E-state index in [1.165, 1.54) is 54.9 Å². The summed E-state index contributed by atoms with van der Waals surface area (Å²) in [5, 5.41) is 13.2. The Kier molecular flexibility index (Phi) is 4.79. The number of nitro groups is 1. The van der Waals surface area contributed by atoms with Crippen LogP contribution in [0.15, 0.2) is 60.9 Å². The normalized spacial score (nSPS) is 10.2. The Morgan fingerprint density at radius 2 is 1.73 bits per heavy atom. The van der Waals surface area contributed by atoms with Crippen LogP contribution in [0.5, 0.6) is 11.8 Å². The molecule has 1 amide bonds. The summed E-state index contributed by atoms with van der Waals surface area (Å²) in [6, 6.07) is 10.9. The van der Waals surface area contributed by atoms with Gasteiger partial charge in [-0.25, -0.2) is 14.4 Å². The molecule has 26 heavy (non-hydrogen) atoms. The summed E-state index contributed by atoms with van der Waals surface area (Å²) in [6.07, 6.45) is 2.60. The quantitative estimate of drug-likeness (QED) is 0.554. The Bertz CT molecular complexity index is 946. The fourth-order valence-corrected chi connectivity index (χ4v) is 2.00. The van der Waals surface area contributed by atoms with E-state index in [9.17, 15) is 19.3 Å². The lowest BCUT2D eigenvalue weighted by atomic mass is 10.2. The number of nitrogens with zero attached hydrogens (tertiary/aromatic N) is 3. The molecule has 1 heterocycles. The molecule has 0 spiro atoms. The summed E-state index contributed by atoms with van der Waals surface area (Å²) in [4.78, 5) is 29.9. The minimum Gasteiger partial charge on any atom is -0.421 e. The first-order valence-electron chi connectivity index (χ1n) is 7.33. The molecular formula is C17H11FN4O4. The van der Waals surface area contributed by atoms with Crippen molar-refractivity contribution < 1.29 is 18.8 Å². The van der Waals surface area contributed by atoms with Gasteiger partial charge >= 0.3 is 6.01 Å². The van der Waals surface area contributed by atoms with Crippen LogP contribution in [0.4, 0.5) is 15.8 Å². The number of ether oxygens (including phenoxy) is 1. The molecule has 0 bridgehead atoms. The monoisotopic (exact) mass is 354 g/mol. The molecule has 130 valence electrons. The van der Waals surface area contributed by atoms with Gasteiger partial charge in [-0.2, -0.15) is 0 Å². The lowest BCUT2D eigenvalue weighted by Crippen LogP contribution is -2.12. The molecule has 0 aliphatic carbocycles. The average molecular weight is 354 g/mol. The molecule has 0 atom stereocenters. The summed E-state index contributed by atoms with van der Waals surface area (Å²) < 4.78 is 18.7. The predicted octanol–water partition coefficient (Wildman–Crippen LogP) is 3.57. The zero-order valence-corrected chi connectivity index (χ0v) is 13.1. The average Bonchev–Trinajstić information content (AvgIpc) is 2.65. The number of amides is 1. The highest BCUT2D eigenvalue weighted by Crippen LogP contribution is 2.21. The molecule has 3 rings (SSSR count). The lowest BCUT2D eigenvalue weighted by Gasteiger charge is -2.07. The largest absolute Gasteiger partial charge is 0.421 e. The van der Waals surface area contributed by atoms with Crippen molar-refractivity contribution in [3.63, 3.8) is 0 Å². The number of non-ortho nitro benzene ring substituents is 1. The summed E-state index contributed by atoms with van der Waals surface area (Å²) >= 11 is 0. The van der Waals surface area contributed by atoms with Crippen molar-refractivity contribution in [1.82, 2.24) is 9.97 Å². The maximum Gasteiger partial charge on any atom is 0.322 e. The molecule has 0 aliphatic heterocycles. The Morgan fingerprint density at radius 1 is 1.08 bits per heavy atom. The van der Waals surface area contributed by atoms with Crippen molar-refractivity contribution in [2.75, 3.05) is 5.32 Å². The molecule has 1 N–H and O–H groups in total. The highest BCUT2D eigenvalue weighted by Gasteiger charge is 2.11. The third-order valence-corrected chi connectivity index (χ3v) is 3.26. The van der Waals surface area contributed by atoms with E-state index >= 15 is 0 Å². The first-order chi connectivity index (χ1) is 12.5. The SMILES string of the molecule is O=C(Nc1cnc(Oc2ccccc2F)nc1)c1ccc([N+](=O)[O-])cc1. The minimum absolute atomic E-state index is 0.0184. The van der Waals surface area contributed by atoms with Crippen LogP contribution in [0.3, 0.4) is 0 Å². The van der Waals surface area contributed by atoms with Crippen LogP contribution < -0.4 is 10.1 Å². The predicted molar refractivity (Wildman–Crippen MR) is 89.6 cm³/mol. The van der Waals surface area contributed by atoms with Gasteiger partial charge in [0.2, 0.25) is 0 Å². The van der Waals surface area contributed by atoms with Crippen LogP contribution in [0, 0.1) is 15.9 Å². The molecule has 1 aromatic heterocycles. The number of carbonyl (C=O) groups is 1. The van der Waals surface area contributed by atoms with Crippen molar-refractivity contribution in [2.24, 2.45) is 0 Å². The number of benzene rings is 2. The molecule has 0 fully saturated rings. The van der Waals surface area contributed by atoms with Gasteiger partial charge in [0, 0.05) is 17.7 Å². The fourth-order valence-electron chi connectivity index (χ4n) is 2.00. The van der Waals surface area contributed by atoms with E-state index in [4.69, 9.17) is 4.74 Å². The van der Waals surface area contributed by atoms with E-state index in [-0.39, 0.29) is 28.7 Å². The Hall–Kier alpha value is -3.88. The molecule has 0 radical (unpaired) electrons. The third kappa shape index (κ3) is 3.96. The summed E-state index contributed by atoms with van der Waals surface area (Å²) in [7, 11) is 0. The molecule has 9 heteroatoms. The van der Waals surface area contributed by atoms with E-state index in [2.05, 4.69) is 15.3 Å². The van der Waals surface area contributed by atoms with Crippen LogP contribution in [-0.4, -0.2) is 20.8 Å². The number of para-hydroxylation sites is 1. The lowest BCUT2D eigenvalue weighted by molar-refractivity contribution is -0.384. The van der Waals surface area contributed by atoms with Gasteiger partial charge < -0.3 is 10.1 Å². The van der Waals surface area contributed by atoms with E-state index < -0.39 is 16.6 Å². The molecule has 0 saturated carbocycles. The Morgan fingerprint density at radius 3 is 2.35 bits per heavy atom. The molecule has 0 unspecified atom stereocenters. The summed E-state index contributed by atoms with van der Waals surface area (Å²) in [5.41, 5.74) is 0.413. The smallest absolute Gasteiger partial charge is 0.322 e. The second-order valence-electron chi connectivity index (χ2n) is 5.04. The number of nitrogens with one attached hydrogen (secondary N) is 1. The maximum atomic E-state index is 13.5. The van der Waals surface area contributed by atoms with Crippen molar-refractivity contribution in [3.05, 3.63) is 82.4 Å². The maximum absolute atomic E-state index is 13.5. The Balaban J connectivity index is 1.66. The van der Waals surface area contributed by atoms with Crippen molar-refractivity contribution in [3.8, 4) is 11.8 Å². The number of aromatic nitrogens is 2. The van der Waals surface area contributed by atoms with Crippen LogP contribution in [0.1, 0.15) is 10.4 Å². The fraction of sp³-hybridized carbons (Fsp3) is 0. The number of anilines is 1. The van der Waals surface area contributed by atoms with Gasteiger partial charge in [-0.1, -0.05) is 12.1 Å². The number of halogens is 1. The molecule has 3 aromatic rings. The highest BCUT2D eigenvalue weighted by molar-refractivity contribution is 6.04. The number of hydrogen-bond donors (Lipinski definition) is 1. The van der Waals surface area contributed by atoms with Gasteiger partial charge in [-0.05, 0) is 24.3 Å².